The van der Waals surface area contributed by atoms with E-state index in [1.165, 1.54) is 0 Å². The van der Waals surface area contributed by atoms with Crippen molar-refractivity contribution in [2.75, 3.05) is 13.2 Å². The van der Waals surface area contributed by atoms with Crippen LogP contribution in [0.25, 0.3) is 0 Å². The van der Waals surface area contributed by atoms with E-state index in [0.29, 0.717) is 0 Å². The molecule has 18 nitrogen and oxygen atoms in total. The van der Waals surface area contributed by atoms with Gasteiger partial charge in [0, 0.05) is 48.5 Å². The molecule has 1 unspecified atom stereocenters. The van der Waals surface area contributed by atoms with E-state index in [1.54, 1.807) is 0 Å². The fraction of sp³-hybridized carbons (Fsp3) is 0.731. The number of carbonyl (C=O) groups excluding carboxylic acids is 7. The smallest absolute Gasteiger partial charge is 0.303 e. The van der Waals surface area contributed by atoms with Gasteiger partial charge in [0.25, 0.3) is 0 Å². The summed E-state index contributed by atoms with van der Waals surface area (Å²) in [5, 5.41) is 10.6. The maximum absolute atomic E-state index is 12.2. The Kier molecular flexibility index (Phi) is 13.4. The van der Waals surface area contributed by atoms with E-state index in [4.69, 9.17) is 47.4 Å². The van der Waals surface area contributed by atoms with Crippen molar-refractivity contribution in [2.45, 2.75) is 110 Å². The van der Waals surface area contributed by atoms with Crippen LogP contribution in [0.3, 0.4) is 0 Å². The summed E-state index contributed by atoms with van der Waals surface area (Å²) in [6, 6.07) is 0. The van der Waals surface area contributed by atoms with E-state index in [-0.39, 0.29) is 0 Å². The Balaban J connectivity index is 2.66. The molecule has 2 heterocycles. The molecule has 2 fully saturated rings. The molecule has 2 rings (SSSR count). The summed E-state index contributed by atoms with van der Waals surface area (Å²) in [5.74, 6) is -6.03. The molecule has 0 aromatic heterocycles. The molecule has 18 heteroatoms. The standard InChI is InChI=1S/C26H36O18/c1-10(27)35-8-17-20(21(38-13(4)30)23(25(34)42-17)40-15(6)32)44-26-24(41-16(7)33)22(39-14(5)31)19(37-12(3)29)18(43-26)9-36-11(2)28/h17-26,34H,8-9H2,1-7H3/t17-,18-,19+,20+,21+,22+,23-,24-,25?,26-/m1/s1. The van der Waals surface area contributed by atoms with Crippen LogP contribution in [0.5, 0.6) is 0 Å². The zero-order valence-corrected chi connectivity index (χ0v) is 25.1. The first-order valence-electron chi connectivity index (χ1n) is 13.3. The van der Waals surface area contributed by atoms with Gasteiger partial charge in [-0.1, -0.05) is 0 Å². The van der Waals surface area contributed by atoms with Crippen molar-refractivity contribution in [3.8, 4) is 0 Å². The van der Waals surface area contributed by atoms with Gasteiger partial charge in [-0.25, -0.2) is 0 Å². The molecule has 0 aromatic rings. The van der Waals surface area contributed by atoms with Gasteiger partial charge < -0.3 is 52.5 Å². The molecule has 0 bridgehead atoms. The van der Waals surface area contributed by atoms with Crippen molar-refractivity contribution in [3.63, 3.8) is 0 Å². The van der Waals surface area contributed by atoms with Gasteiger partial charge in [0.05, 0.1) is 0 Å². The van der Waals surface area contributed by atoms with E-state index in [9.17, 15) is 38.7 Å². The summed E-state index contributed by atoms with van der Waals surface area (Å²) in [7, 11) is 0. The SMILES string of the molecule is CC(=O)OC[C@H]1O[C@H](O[C@@H]2[C@H](OC(C)=O)[C@@H](OC(C)=O)C(O)O[C@@H]2COC(C)=O)[C@H](OC(C)=O)[C@@H](OC(C)=O)[C@H]1OC(C)=O. The first kappa shape index (κ1) is 36.3. The van der Waals surface area contributed by atoms with Gasteiger partial charge in [-0.3, -0.25) is 33.6 Å². The molecule has 0 amide bonds. The molecular weight excluding hydrogens is 600 g/mol. The molecule has 0 aromatic carbocycles. The molecule has 248 valence electrons. The van der Waals surface area contributed by atoms with Crippen molar-refractivity contribution in [3.05, 3.63) is 0 Å². The van der Waals surface area contributed by atoms with Crippen LogP contribution < -0.4 is 0 Å². The summed E-state index contributed by atoms with van der Waals surface area (Å²) in [6.45, 7) is 6.11. The molecule has 2 aliphatic heterocycles. The molecule has 10 atom stereocenters. The van der Waals surface area contributed by atoms with Crippen LogP contribution in [0.1, 0.15) is 48.5 Å². The van der Waals surface area contributed by atoms with E-state index >= 15 is 0 Å². The number of esters is 7. The van der Waals surface area contributed by atoms with Gasteiger partial charge in [0.2, 0.25) is 0 Å². The van der Waals surface area contributed by atoms with Crippen LogP contribution in [-0.4, -0.2) is 122 Å². The minimum Gasteiger partial charge on any atom is -0.463 e. The van der Waals surface area contributed by atoms with Gasteiger partial charge in [-0.05, 0) is 0 Å². The highest BCUT2D eigenvalue weighted by Crippen LogP contribution is 2.34. The summed E-state index contributed by atoms with van der Waals surface area (Å²) in [6.07, 6.45) is -16.3. The van der Waals surface area contributed by atoms with Gasteiger partial charge >= 0.3 is 41.8 Å². The summed E-state index contributed by atoms with van der Waals surface area (Å²) in [5.41, 5.74) is 0. The lowest BCUT2D eigenvalue weighted by molar-refractivity contribution is -0.357. The number of aliphatic hydroxyl groups excluding tert-OH is 1. The monoisotopic (exact) mass is 636 g/mol. The number of rotatable bonds is 11. The summed E-state index contributed by atoms with van der Waals surface area (Å²) >= 11 is 0. The molecule has 2 aliphatic rings. The third-order valence-corrected chi connectivity index (χ3v) is 5.90. The molecule has 0 radical (unpaired) electrons. The average molecular weight is 637 g/mol. The number of hydrogen-bond acceptors (Lipinski definition) is 18. The van der Waals surface area contributed by atoms with E-state index in [1.807, 2.05) is 0 Å². The lowest BCUT2D eigenvalue weighted by atomic mass is 9.96. The normalized spacial score (nSPS) is 31.5. The Labute approximate surface area is 251 Å². The minimum absolute atomic E-state index is 0.572. The fourth-order valence-corrected chi connectivity index (χ4v) is 4.49. The van der Waals surface area contributed by atoms with Crippen LogP contribution in [0.15, 0.2) is 0 Å². The third kappa shape index (κ3) is 10.7. The lowest BCUT2D eigenvalue weighted by Gasteiger charge is -2.48. The van der Waals surface area contributed by atoms with E-state index in [2.05, 4.69) is 0 Å². The van der Waals surface area contributed by atoms with Crippen LogP contribution in [0, 0.1) is 0 Å². The quantitative estimate of drug-likeness (QED) is 0.203. The van der Waals surface area contributed by atoms with Crippen molar-refractivity contribution < 1.29 is 86.0 Å². The Morgan fingerprint density at radius 3 is 1.27 bits per heavy atom. The van der Waals surface area contributed by atoms with Crippen LogP contribution >= 0.6 is 0 Å². The molecule has 0 aliphatic carbocycles. The third-order valence-electron chi connectivity index (χ3n) is 5.90. The Bertz CT molecular complexity index is 1090. The van der Waals surface area contributed by atoms with E-state index in [0.717, 1.165) is 48.5 Å². The van der Waals surface area contributed by atoms with Gasteiger partial charge in [0.1, 0.15) is 31.5 Å². The second-order valence-corrected chi connectivity index (χ2v) is 9.68. The molecule has 1 N–H and O–H groups in total. The predicted octanol–water partition coefficient (Wildman–Crippen LogP) is -1.40. The first-order valence-corrected chi connectivity index (χ1v) is 13.3. The molecule has 44 heavy (non-hydrogen) atoms. The zero-order valence-electron chi connectivity index (χ0n) is 25.1. The van der Waals surface area contributed by atoms with Crippen molar-refractivity contribution in [1.82, 2.24) is 0 Å². The number of ether oxygens (including phenoxy) is 10. The maximum Gasteiger partial charge on any atom is 0.303 e. The van der Waals surface area contributed by atoms with Crippen molar-refractivity contribution >= 4 is 41.8 Å². The number of carbonyl (C=O) groups is 7. The topological polar surface area (TPSA) is 232 Å². The Morgan fingerprint density at radius 1 is 0.477 bits per heavy atom. The number of hydrogen-bond donors (Lipinski definition) is 1. The van der Waals surface area contributed by atoms with Crippen LogP contribution in [0.4, 0.5) is 0 Å². The van der Waals surface area contributed by atoms with Crippen LogP contribution in [-0.2, 0) is 80.9 Å². The largest absolute Gasteiger partial charge is 0.463 e. The minimum atomic E-state index is -1.90. The summed E-state index contributed by atoms with van der Waals surface area (Å²) in [4.78, 5) is 83.5. The highest BCUT2D eigenvalue weighted by molar-refractivity contribution is 5.69. The average Bonchev–Trinajstić information content (AvgIpc) is 2.87. The molecular formula is C26H36O18. The second-order valence-electron chi connectivity index (χ2n) is 9.68. The Morgan fingerprint density at radius 2 is 0.841 bits per heavy atom. The Hall–Kier alpha value is -3.87. The first-order chi connectivity index (χ1) is 20.5. The predicted molar refractivity (Wildman–Crippen MR) is 135 cm³/mol. The van der Waals surface area contributed by atoms with Crippen LogP contribution in [0.2, 0.25) is 0 Å². The summed E-state index contributed by atoms with van der Waals surface area (Å²) < 4.78 is 54.1. The zero-order chi connectivity index (χ0) is 33.3. The van der Waals surface area contributed by atoms with E-state index < -0.39 is 116 Å². The van der Waals surface area contributed by atoms with Gasteiger partial charge in [-0.2, -0.15) is 0 Å². The second kappa shape index (κ2) is 16.3. The highest BCUT2D eigenvalue weighted by Gasteiger charge is 2.57. The molecule has 2 saturated heterocycles. The molecule has 0 spiro atoms. The van der Waals surface area contributed by atoms with Gasteiger partial charge in [-0.15, -0.1) is 0 Å². The highest BCUT2D eigenvalue weighted by atomic mass is 16.8. The fourth-order valence-electron chi connectivity index (χ4n) is 4.49. The lowest BCUT2D eigenvalue weighted by Crippen LogP contribution is -2.67. The number of aliphatic hydroxyl groups is 1. The van der Waals surface area contributed by atoms with Crippen molar-refractivity contribution in [1.29, 1.82) is 0 Å². The van der Waals surface area contributed by atoms with Crippen molar-refractivity contribution in [2.24, 2.45) is 0 Å². The molecule has 0 saturated carbocycles. The van der Waals surface area contributed by atoms with Gasteiger partial charge in [0.15, 0.2) is 43.1 Å². The maximum atomic E-state index is 12.2.